The minimum atomic E-state index is -0.134. The molecule has 0 saturated heterocycles. The first-order valence-electron chi connectivity index (χ1n) is 7.84. The summed E-state index contributed by atoms with van der Waals surface area (Å²) in [4.78, 5) is 17.0. The standard InChI is InChI=1S/C19H19N3OS/c1-3-14-7-4-6-13(2)18(14)21-15-9-10-17(20-12-15)22-19(23)16-8-5-11-24-16/h4-12,21H,3H2,1-2H3,(H,20,22,23). The maximum absolute atomic E-state index is 12.0. The summed E-state index contributed by atoms with van der Waals surface area (Å²) < 4.78 is 0. The number of pyridine rings is 1. The average Bonchev–Trinajstić information content (AvgIpc) is 3.13. The van der Waals surface area contributed by atoms with Gasteiger partial charge in [0, 0.05) is 5.69 Å². The van der Waals surface area contributed by atoms with E-state index in [0.29, 0.717) is 10.7 Å². The third-order valence-electron chi connectivity index (χ3n) is 3.76. The van der Waals surface area contributed by atoms with E-state index in [1.807, 2.05) is 17.5 Å². The molecular formula is C19H19N3OS. The van der Waals surface area contributed by atoms with E-state index in [-0.39, 0.29) is 5.91 Å². The maximum Gasteiger partial charge on any atom is 0.266 e. The van der Waals surface area contributed by atoms with Crippen molar-refractivity contribution in [3.8, 4) is 0 Å². The average molecular weight is 337 g/mol. The quantitative estimate of drug-likeness (QED) is 0.688. The van der Waals surface area contributed by atoms with Gasteiger partial charge in [0.05, 0.1) is 16.8 Å². The maximum atomic E-state index is 12.0. The molecule has 1 amide bonds. The molecule has 0 atom stereocenters. The Hall–Kier alpha value is -2.66. The van der Waals surface area contributed by atoms with Crippen LogP contribution in [0.25, 0.3) is 0 Å². The second-order valence-corrected chi connectivity index (χ2v) is 6.40. The van der Waals surface area contributed by atoms with Gasteiger partial charge < -0.3 is 10.6 Å². The van der Waals surface area contributed by atoms with Gasteiger partial charge in [-0.2, -0.15) is 0 Å². The molecule has 5 heteroatoms. The van der Waals surface area contributed by atoms with Gasteiger partial charge in [-0.1, -0.05) is 31.2 Å². The van der Waals surface area contributed by atoms with E-state index >= 15 is 0 Å². The summed E-state index contributed by atoms with van der Waals surface area (Å²) in [6.07, 6.45) is 2.70. The number of aryl methyl sites for hydroxylation is 2. The molecule has 24 heavy (non-hydrogen) atoms. The van der Waals surface area contributed by atoms with E-state index in [1.54, 1.807) is 18.3 Å². The highest BCUT2D eigenvalue weighted by molar-refractivity contribution is 7.12. The van der Waals surface area contributed by atoms with Gasteiger partial charge in [0.2, 0.25) is 0 Å². The molecule has 0 radical (unpaired) electrons. The number of rotatable bonds is 5. The number of hydrogen-bond acceptors (Lipinski definition) is 4. The molecule has 2 N–H and O–H groups in total. The lowest BCUT2D eigenvalue weighted by atomic mass is 10.1. The molecule has 4 nitrogen and oxygen atoms in total. The Morgan fingerprint density at radius 1 is 1.17 bits per heavy atom. The van der Waals surface area contributed by atoms with Crippen LogP contribution < -0.4 is 10.6 Å². The summed E-state index contributed by atoms with van der Waals surface area (Å²) in [5.74, 6) is 0.407. The molecule has 3 rings (SSSR count). The predicted octanol–water partition coefficient (Wildman–Crippen LogP) is 5.01. The highest BCUT2D eigenvalue weighted by atomic mass is 32.1. The molecule has 2 aromatic heterocycles. The van der Waals surface area contributed by atoms with Gasteiger partial charge in [-0.05, 0) is 48.1 Å². The predicted molar refractivity (Wildman–Crippen MR) is 100 cm³/mol. The Kier molecular flexibility index (Phi) is 4.91. The Balaban J connectivity index is 1.72. The van der Waals surface area contributed by atoms with Crippen molar-refractivity contribution in [1.82, 2.24) is 4.98 Å². The molecule has 0 unspecified atom stereocenters. The number of benzene rings is 1. The van der Waals surface area contributed by atoms with Crippen molar-refractivity contribution in [3.63, 3.8) is 0 Å². The molecule has 0 spiro atoms. The van der Waals surface area contributed by atoms with Crippen LogP contribution >= 0.6 is 11.3 Å². The van der Waals surface area contributed by atoms with Gasteiger partial charge in [-0.3, -0.25) is 4.79 Å². The lowest BCUT2D eigenvalue weighted by molar-refractivity contribution is 0.103. The molecular weight excluding hydrogens is 318 g/mol. The van der Waals surface area contributed by atoms with Crippen LogP contribution in [0, 0.1) is 6.92 Å². The zero-order valence-corrected chi connectivity index (χ0v) is 14.5. The third-order valence-corrected chi connectivity index (χ3v) is 4.63. The smallest absolute Gasteiger partial charge is 0.266 e. The highest BCUT2D eigenvalue weighted by Gasteiger charge is 2.08. The van der Waals surface area contributed by atoms with E-state index in [0.717, 1.165) is 17.8 Å². The normalized spacial score (nSPS) is 10.4. The fourth-order valence-electron chi connectivity index (χ4n) is 2.47. The molecule has 0 aliphatic carbocycles. The number of carbonyl (C=O) groups excluding carboxylic acids is 1. The van der Waals surface area contributed by atoms with Crippen molar-refractivity contribution in [1.29, 1.82) is 0 Å². The second-order valence-electron chi connectivity index (χ2n) is 5.45. The van der Waals surface area contributed by atoms with Crippen LogP contribution in [0.15, 0.2) is 54.0 Å². The number of hydrogen-bond donors (Lipinski definition) is 2. The number of aromatic nitrogens is 1. The molecule has 0 aliphatic heterocycles. The van der Waals surface area contributed by atoms with E-state index in [4.69, 9.17) is 0 Å². The van der Waals surface area contributed by atoms with Gasteiger partial charge in [0.1, 0.15) is 5.82 Å². The number of thiophene rings is 1. The van der Waals surface area contributed by atoms with Crippen LogP contribution in [0.4, 0.5) is 17.2 Å². The van der Waals surface area contributed by atoms with Crippen molar-refractivity contribution in [2.45, 2.75) is 20.3 Å². The number of amides is 1. The molecule has 0 aliphatic rings. The summed E-state index contributed by atoms with van der Waals surface area (Å²) in [5, 5.41) is 8.11. The van der Waals surface area contributed by atoms with E-state index < -0.39 is 0 Å². The summed E-state index contributed by atoms with van der Waals surface area (Å²) in [6.45, 7) is 4.23. The van der Waals surface area contributed by atoms with Crippen molar-refractivity contribution in [2.75, 3.05) is 10.6 Å². The number of carbonyl (C=O) groups is 1. The van der Waals surface area contributed by atoms with Crippen molar-refractivity contribution in [2.24, 2.45) is 0 Å². The van der Waals surface area contributed by atoms with Crippen LogP contribution in [0.2, 0.25) is 0 Å². The topological polar surface area (TPSA) is 54.0 Å². The van der Waals surface area contributed by atoms with Crippen LogP contribution in [-0.2, 0) is 6.42 Å². The Bertz CT molecular complexity index is 826. The highest BCUT2D eigenvalue weighted by Crippen LogP contribution is 2.25. The third kappa shape index (κ3) is 3.63. The summed E-state index contributed by atoms with van der Waals surface area (Å²) >= 11 is 1.41. The fourth-order valence-corrected chi connectivity index (χ4v) is 3.09. The van der Waals surface area contributed by atoms with E-state index in [1.165, 1.54) is 22.5 Å². The van der Waals surface area contributed by atoms with E-state index in [9.17, 15) is 4.79 Å². The summed E-state index contributed by atoms with van der Waals surface area (Å²) in [5.41, 5.74) is 4.49. The van der Waals surface area contributed by atoms with Gasteiger partial charge in [-0.15, -0.1) is 11.3 Å². The molecule has 1 aromatic carbocycles. The summed E-state index contributed by atoms with van der Waals surface area (Å²) in [6, 6.07) is 13.7. The zero-order valence-electron chi connectivity index (χ0n) is 13.7. The second kappa shape index (κ2) is 7.27. The first-order valence-corrected chi connectivity index (χ1v) is 8.71. The minimum absolute atomic E-state index is 0.134. The van der Waals surface area contributed by atoms with Crippen molar-refractivity contribution < 1.29 is 4.79 Å². The van der Waals surface area contributed by atoms with Crippen LogP contribution in [-0.4, -0.2) is 10.9 Å². The molecule has 0 saturated carbocycles. The molecule has 0 bridgehead atoms. The lowest BCUT2D eigenvalue weighted by Gasteiger charge is -2.14. The van der Waals surface area contributed by atoms with E-state index in [2.05, 4.69) is 47.7 Å². The van der Waals surface area contributed by atoms with Gasteiger partial charge in [0.15, 0.2) is 0 Å². The van der Waals surface area contributed by atoms with Crippen molar-refractivity contribution >= 4 is 34.4 Å². The van der Waals surface area contributed by atoms with Gasteiger partial charge in [0.25, 0.3) is 5.91 Å². The van der Waals surface area contributed by atoms with Crippen LogP contribution in [0.3, 0.4) is 0 Å². The molecule has 0 fully saturated rings. The minimum Gasteiger partial charge on any atom is -0.354 e. The molecule has 2 heterocycles. The molecule has 3 aromatic rings. The van der Waals surface area contributed by atoms with Crippen LogP contribution in [0.1, 0.15) is 27.7 Å². The van der Waals surface area contributed by atoms with Gasteiger partial charge in [-0.25, -0.2) is 4.98 Å². The fraction of sp³-hybridized carbons (Fsp3) is 0.158. The number of nitrogens with zero attached hydrogens (tertiary/aromatic N) is 1. The zero-order chi connectivity index (χ0) is 16.9. The number of nitrogens with one attached hydrogen (secondary N) is 2. The SMILES string of the molecule is CCc1cccc(C)c1Nc1ccc(NC(=O)c2cccs2)nc1. The first-order chi connectivity index (χ1) is 11.7. The Morgan fingerprint density at radius 2 is 2.04 bits per heavy atom. The van der Waals surface area contributed by atoms with Crippen molar-refractivity contribution in [3.05, 3.63) is 70.0 Å². The summed E-state index contributed by atoms with van der Waals surface area (Å²) in [7, 11) is 0. The Labute approximate surface area is 145 Å². The van der Waals surface area contributed by atoms with Gasteiger partial charge >= 0.3 is 0 Å². The Morgan fingerprint density at radius 3 is 2.71 bits per heavy atom. The monoisotopic (exact) mass is 337 g/mol. The number of para-hydroxylation sites is 1. The van der Waals surface area contributed by atoms with Crippen LogP contribution in [0.5, 0.6) is 0 Å². The largest absolute Gasteiger partial charge is 0.354 e. The lowest BCUT2D eigenvalue weighted by Crippen LogP contribution is -2.11. The molecule has 122 valence electrons. The number of anilines is 3. The first kappa shape index (κ1) is 16.2.